The van der Waals surface area contributed by atoms with Crippen LogP contribution in [0.15, 0.2) is 30.3 Å². The summed E-state index contributed by atoms with van der Waals surface area (Å²) in [5.74, 6) is -0.586. The zero-order chi connectivity index (χ0) is 14.8. The van der Waals surface area contributed by atoms with Crippen LogP contribution in [0.25, 0.3) is 0 Å². The highest BCUT2D eigenvalue weighted by atomic mass is 16.6. The Morgan fingerprint density at radius 1 is 1.29 bits per heavy atom. The summed E-state index contributed by atoms with van der Waals surface area (Å²) in [6, 6.07) is 8.80. The van der Waals surface area contributed by atoms with Crippen LogP contribution in [0.4, 0.5) is 4.79 Å². The number of hydrogen-bond donors (Lipinski definition) is 2. The van der Waals surface area contributed by atoms with Gasteiger partial charge in [-0.2, -0.15) is 5.10 Å². The fourth-order valence-corrected chi connectivity index (χ4v) is 2.30. The molecule has 2 N–H and O–H groups in total. The maximum Gasteiger partial charge on any atom is 0.415 e. The Labute approximate surface area is 120 Å². The summed E-state index contributed by atoms with van der Waals surface area (Å²) in [4.78, 5) is 24.6. The molecule has 1 aromatic carbocycles. The number of ether oxygens (including phenoxy) is 1. The molecule has 2 aromatic rings. The van der Waals surface area contributed by atoms with Gasteiger partial charge in [0.2, 0.25) is 0 Å². The van der Waals surface area contributed by atoms with Crippen LogP contribution in [-0.2, 0) is 13.0 Å². The van der Waals surface area contributed by atoms with E-state index in [1.807, 2.05) is 6.07 Å². The summed E-state index contributed by atoms with van der Waals surface area (Å²) in [6.07, 6.45) is -0.0181. The monoisotopic (exact) mass is 287 g/mol. The van der Waals surface area contributed by atoms with Gasteiger partial charge in [-0.15, -0.1) is 0 Å². The first-order valence-corrected chi connectivity index (χ1v) is 6.46. The number of nitrogens with zero attached hydrogens (tertiary/aromatic N) is 2. The van der Waals surface area contributed by atoms with Crippen molar-refractivity contribution in [2.75, 3.05) is 6.54 Å². The third-order valence-electron chi connectivity index (χ3n) is 3.34. The van der Waals surface area contributed by atoms with Crippen molar-refractivity contribution < 1.29 is 19.4 Å². The molecule has 0 atom stereocenters. The average Bonchev–Trinajstić information content (AvgIpc) is 2.91. The van der Waals surface area contributed by atoms with Crippen molar-refractivity contribution >= 4 is 12.1 Å². The molecule has 1 aliphatic rings. The molecular weight excluding hydrogens is 274 g/mol. The number of aromatic amines is 1. The van der Waals surface area contributed by atoms with Gasteiger partial charge in [0.15, 0.2) is 5.69 Å². The molecule has 0 unspecified atom stereocenters. The second-order valence-corrected chi connectivity index (χ2v) is 4.69. The van der Waals surface area contributed by atoms with Gasteiger partial charge in [0.05, 0.1) is 12.2 Å². The number of fused-ring (bicyclic) bond motifs is 1. The van der Waals surface area contributed by atoms with Crippen LogP contribution < -0.4 is 4.74 Å². The third kappa shape index (κ3) is 2.58. The number of aromatic nitrogens is 2. The number of carbonyl (C=O) groups excluding carboxylic acids is 1. The van der Waals surface area contributed by atoms with Gasteiger partial charge in [0.25, 0.3) is 0 Å². The molecule has 0 spiro atoms. The molecule has 0 bridgehead atoms. The van der Waals surface area contributed by atoms with Crippen molar-refractivity contribution in [3.63, 3.8) is 0 Å². The van der Waals surface area contributed by atoms with Crippen molar-refractivity contribution in [1.29, 1.82) is 0 Å². The van der Waals surface area contributed by atoms with Crippen LogP contribution in [0, 0.1) is 0 Å². The molecule has 1 aliphatic heterocycles. The van der Waals surface area contributed by atoms with Gasteiger partial charge in [-0.05, 0) is 18.6 Å². The highest BCUT2D eigenvalue weighted by molar-refractivity contribution is 5.87. The van der Waals surface area contributed by atoms with E-state index in [1.165, 1.54) is 4.90 Å². The number of amides is 1. The van der Waals surface area contributed by atoms with E-state index in [0.717, 1.165) is 0 Å². The van der Waals surface area contributed by atoms with Crippen LogP contribution in [0.1, 0.15) is 21.7 Å². The van der Waals surface area contributed by atoms with E-state index in [9.17, 15) is 9.59 Å². The Morgan fingerprint density at radius 2 is 2.05 bits per heavy atom. The molecule has 7 heteroatoms. The Morgan fingerprint density at radius 3 is 2.76 bits per heavy atom. The van der Waals surface area contributed by atoms with Gasteiger partial charge in [-0.1, -0.05) is 18.2 Å². The highest BCUT2D eigenvalue weighted by Crippen LogP contribution is 2.21. The second kappa shape index (κ2) is 5.28. The summed E-state index contributed by atoms with van der Waals surface area (Å²) in [5.41, 5.74) is 1.33. The number of hydrogen-bond acceptors (Lipinski definition) is 4. The number of carboxylic acids is 1. The lowest BCUT2D eigenvalue weighted by Crippen LogP contribution is -2.38. The molecule has 3 rings (SSSR count). The number of H-pyrrole nitrogens is 1. The topological polar surface area (TPSA) is 95.5 Å². The molecule has 0 fully saturated rings. The maximum atomic E-state index is 12.1. The van der Waals surface area contributed by atoms with E-state index in [-0.39, 0.29) is 12.2 Å². The van der Waals surface area contributed by atoms with E-state index in [0.29, 0.717) is 30.0 Å². The van der Waals surface area contributed by atoms with Crippen molar-refractivity contribution in [2.45, 2.75) is 13.0 Å². The van der Waals surface area contributed by atoms with Gasteiger partial charge in [-0.25, -0.2) is 9.59 Å². The summed E-state index contributed by atoms with van der Waals surface area (Å²) >= 11 is 0. The normalized spacial score (nSPS) is 13.6. The molecule has 1 aromatic heterocycles. The standard InChI is InChI=1S/C14H13N3O4/c18-13(19)12-10-6-7-17(8-11(10)15-16-12)14(20)21-9-4-2-1-3-5-9/h1-5H,6-8H2,(H,15,16)(H,18,19). The Kier molecular flexibility index (Phi) is 3.31. The molecule has 2 heterocycles. The van der Waals surface area contributed by atoms with Crippen LogP contribution in [0.5, 0.6) is 5.75 Å². The van der Waals surface area contributed by atoms with Crippen LogP contribution in [-0.4, -0.2) is 38.8 Å². The molecule has 1 amide bonds. The lowest BCUT2D eigenvalue weighted by atomic mass is 10.1. The van der Waals surface area contributed by atoms with E-state index < -0.39 is 12.1 Å². The first kappa shape index (κ1) is 13.2. The Balaban J connectivity index is 1.71. The lowest BCUT2D eigenvalue weighted by Gasteiger charge is -2.25. The highest BCUT2D eigenvalue weighted by Gasteiger charge is 2.28. The fourth-order valence-electron chi connectivity index (χ4n) is 2.30. The molecule has 108 valence electrons. The summed E-state index contributed by atoms with van der Waals surface area (Å²) < 4.78 is 5.26. The summed E-state index contributed by atoms with van der Waals surface area (Å²) in [6.45, 7) is 0.666. The number of nitrogens with one attached hydrogen (secondary N) is 1. The quantitative estimate of drug-likeness (QED) is 0.875. The van der Waals surface area contributed by atoms with Gasteiger partial charge < -0.3 is 14.7 Å². The zero-order valence-corrected chi connectivity index (χ0v) is 11.1. The number of aromatic carboxylic acids is 1. The SMILES string of the molecule is O=C(O)c1n[nH]c2c1CCN(C(=O)Oc1ccccc1)C2. The molecule has 0 radical (unpaired) electrons. The fraction of sp³-hybridized carbons (Fsp3) is 0.214. The minimum Gasteiger partial charge on any atom is -0.476 e. The van der Waals surface area contributed by atoms with Crippen LogP contribution >= 0.6 is 0 Å². The zero-order valence-electron chi connectivity index (χ0n) is 11.1. The molecule has 21 heavy (non-hydrogen) atoms. The predicted molar refractivity (Wildman–Crippen MR) is 72.1 cm³/mol. The molecule has 0 aliphatic carbocycles. The number of benzene rings is 1. The molecular formula is C14H13N3O4. The van der Waals surface area contributed by atoms with Gasteiger partial charge in [0.1, 0.15) is 5.75 Å². The lowest BCUT2D eigenvalue weighted by molar-refractivity contribution is 0.0689. The number of para-hydroxylation sites is 1. The van der Waals surface area contributed by atoms with Crippen LogP contribution in [0.3, 0.4) is 0 Å². The molecule has 0 saturated heterocycles. The number of carbonyl (C=O) groups is 2. The van der Waals surface area contributed by atoms with Crippen molar-refractivity contribution in [3.05, 3.63) is 47.3 Å². The minimum atomic E-state index is -1.06. The van der Waals surface area contributed by atoms with Gasteiger partial charge in [0, 0.05) is 12.1 Å². The smallest absolute Gasteiger partial charge is 0.415 e. The van der Waals surface area contributed by atoms with Gasteiger partial charge in [-0.3, -0.25) is 5.10 Å². The van der Waals surface area contributed by atoms with Crippen molar-refractivity contribution in [2.24, 2.45) is 0 Å². The van der Waals surface area contributed by atoms with Crippen molar-refractivity contribution in [3.8, 4) is 5.75 Å². The van der Waals surface area contributed by atoms with Crippen LogP contribution in [0.2, 0.25) is 0 Å². The largest absolute Gasteiger partial charge is 0.476 e. The Hall–Kier alpha value is -2.83. The summed E-state index contributed by atoms with van der Waals surface area (Å²) in [7, 11) is 0. The molecule has 7 nitrogen and oxygen atoms in total. The average molecular weight is 287 g/mol. The predicted octanol–water partition coefficient (Wildman–Crippen LogP) is 1.67. The van der Waals surface area contributed by atoms with E-state index in [1.54, 1.807) is 24.3 Å². The first-order valence-electron chi connectivity index (χ1n) is 6.46. The van der Waals surface area contributed by atoms with E-state index in [4.69, 9.17) is 9.84 Å². The second-order valence-electron chi connectivity index (χ2n) is 4.69. The first-order chi connectivity index (χ1) is 10.1. The van der Waals surface area contributed by atoms with E-state index in [2.05, 4.69) is 10.2 Å². The minimum absolute atomic E-state index is 0.0288. The van der Waals surface area contributed by atoms with Crippen molar-refractivity contribution in [1.82, 2.24) is 15.1 Å². The van der Waals surface area contributed by atoms with E-state index >= 15 is 0 Å². The number of rotatable bonds is 2. The summed E-state index contributed by atoms with van der Waals surface area (Å²) in [5, 5.41) is 15.5. The maximum absolute atomic E-state index is 12.1. The number of carboxylic acid groups (broad SMARTS) is 1. The van der Waals surface area contributed by atoms with Gasteiger partial charge >= 0.3 is 12.1 Å². The Bertz CT molecular complexity index is 681. The third-order valence-corrected chi connectivity index (χ3v) is 3.34. The molecule has 0 saturated carbocycles.